The van der Waals surface area contributed by atoms with Gasteiger partial charge in [-0.05, 0) is 23.3 Å². The van der Waals surface area contributed by atoms with Crippen LogP contribution in [0.25, 0.3) is 0 Å². The Kier molecular flexibility index (Phi) is 5.78. The van der Waals surface area contributed by atoms with Crippen molar-refractivity contribution in [2.24, 2.45) is 5.92 Å². The van der Waals surface area contributed by atoms with Crippen molar-refractivity contribution < 1.29 is 27.6 Å². The van der Waals surface area contributed by atoms with Crippen LogP contribution in [0, 0.1) is 5.92 Å². The Morgan fingerprint density at radius 2 is 1.85 bits per heavy atom. The Morgan fingerprint density at radius 1 is 1.18 bits per heavy atom. The number of hydrogen-bond acceptors (Lipinski definition) is 7. The molecule has 178 valence electrons. The van der Waals surface area contributed by atoms with Gasteiger partial charge in [0.1, 0.15) is 11.4 Å². The Bertz CT molecular complexity index is 1340. The summed E-state index contributed by atoms with van der Waals surface area (Å²) < 4.78 is 36.2. The van der Waals surface area contributed by atoms with Crippen molar-refractivity contribution in [3.8, 4) is 5.75 Å². The van der Waals surface area contributed by atoms with Gasteiger partial charge in [0.05, 0.1) is 24.0 Å². The fourth-order valence-electron chi connectivity index (χ4n) is 5.35. The van der Waals surface area contributed by atoms with Crippen LogP contribution in [0.1, 0.15) is 22.7 Å². The van der Waals surface area contributed by atoms with Crippen LogP contribution in [0.3, 0.4) is 0 Å². The summed E-state index contributed by atoms with van der Waals surface area (Å²) in [5.74, 6) is -1.30. The van der Waals surface area contributed by atoms with E-state index >= 15 is 0 Å². The summed E-state index contributed by atoms with van der Waals surface area (Å²) in [6.07, 6.45) is 0.851. The van der Waals surface area contributed by atoms with Crippen LogP contribution in [-0.2, 0) is 25.5 Å². The summed E-state index contributed by atoms with van der Waals surface area (Å²) in [4.78, 5) is 4.35. The number of benzene rings is 2. The first-order chi connectivity index (χ1) is 16.1. The predicted octanol–water partition coefficient (Wildman–Crippen LogP) is 3.72. The van der Waals surface area contributed by atoms with Crippen molar-refractivity contribution in [3.63, 3.8) is 0 Å². The number of nitrogens with zero attached hydrogens (tertiary/aromatic N) is 1. The molecule has 1 aromatic heterocycles. The Hall–Kier alpha value is -2.01. The lowest BCUT2D eigenvalue weighted by Crippen LogP contribution is -2.52. The highest BCUT2D eigenvalue weighted by atomic mass is 79.9. The van der Waals surface area contributed by atoms with Crippen molar-refractivity contribution in [1.29, 1.82) is 0 Å². The van der Waals surface area contributed by atoms with Gasteiger partial charge in [0.2, 0.25) is 0 Å². The minimum Gasteiger partial charge on any atom is -0.476 e. The zero-order valence-electron chi connectivity index (χ0n) is 17.9. The highest BCUT2D eigenvalue weighted by Crippen LogP contribution is 2.68. The molecular weight excluding hydrogens is 546 g/mol. The zero-order chi connectivity index (χ0) is 24.3. The largest absolute Gasteiger partial charge is 0.476 e. The van der Waals surface area contributed by atoms with Crippen molar-refractivity contribution in [2.75, 3.05) is 12.9 Å². The first-order valence-corrected chi connectivity index (χ1v) is 13.5. The molecule has 3 aromatic rings. The molecule has 2 heterocycles. The molecule has 5 atom stereocenters. The summed E-state index contributed by atoms with van der Waals surface area (Å²) in [6.45, 7) is -0.355. The molecule has 10 heteroatoms. The van der Waals surface area contributed by atoms with E-state index in [2.05, 4.69) is 20.9 Å². The second-order valence-corrected chi connectivity index (χ2v) is 11.6. The first kappa shape index (κ1) is 23.7. The highest BCUT2D eigenvalue weighted by molar-refractivity contribution is 9.10. The van der Waals surface area contributed by atoms with Gasteiger partial charge >= 0.3 is 0 Å². The van der Waals surface area contributed by atoms with E-state index in [1.165, 1.54) is 6.20 Å². The first-order valence-electron chi connectivity index (χ1n) is 10.5. The molecule has 0 unspecified atom stereocenters. The third-order valence-corrected chi connectivity index (χ3v) is 7.92. The summed E-state index contributed by atoms with van der Waals surface area (Å²) in [7, 11) is -3.81. The minimum absolute atomic E-state index is 0.134. The van der Waals surface area contributed by atoms with E-state index in [1.54, 1.807) is 18.2 Å². The van der Waals surface area contributed by atoms with Gasteiger partial charge in [-0.2, -0.15) is 8.42 Å². The van der Waals surface area contributed by atoms with Crippen LogP contribution in [0.4, 0.5) is 0 Å². The molecule has 7 nitrogen and oxygen atoms in total. The lowest BCUT2D eigenvalue weighted by molar-refractivity contribution is -0.153. The third kappa shape index (κ3) is 3.49. The fourth-order valence-corrected chi connectivity index (χ4v) is 6.17. The lowest BCUT2D eigenvalue weighted by Gasteiger charge is -2.40. The molecule has 0 spiro atoms. The van der Waals surface area contributed by atoms with Gasteiger partial charge in [0, 0.05) is 28.6 Å². The van der Waals surface area contributed by atoms with Crippen LogP contribution in [0.15, 0.2) is 71.3 Å². The molecule has 2 N–H and O–H groups in total. The van der Waals surface area contributed by atoms with Gasteiger partial charge < -0.3 is 14.9 Å². The molecule has 0 radical (unpaired) electrons. The van der Waals surface area contributed by atoms with Crippen molar-refractivity contribution in [3.05, 3.63) is 93.2 Å². The Balaban J connectivity index is 1.80. The quantitative estimate of drug-likeness (QED) is 0.454. The summed E-state index contributed by atoms with van der Waals surface area (Å²) in [6, 6.07) is 18.0. The second kappa shape index (κ2) is 8.29. The third-order valence-electron chi connectivity index (χ3n) is 6.62. The van der Waals surface area contributed by atoms with E-state index in [0.717, 1.165) is 16.3 Å². The van der Waals surface area contributed by atoms with Crippen LogP contribution < -0.4 is 4.74 Å². The van der Waals surface area contributed by atoms with Gasteiger partial charge in [-0.25, -0.2) is 0 Å². The number of aliphatic hydroxyl groups excluding tert-OH is 1. The van der Waals surface area contributed by atoms with Crippen molar-refractivity contribution in [2.45, 2.75) is 23.2 Å². The van der Waals surface area contributed by atoms with Crippen molar-refractivity contribution in [1.82, 2.24) is 4.98 Å². The van der Waals surface area contributed by atoms with Gasteiger partial charge in [-0.3, -0.25) is 9.17 Å². The smallest absolute Gasteiger partial charge is 0.264 e. The van der Waals surface area contributed by atoms with E-state index in [-0.39, 0.29) is 18.1 Å². The number of aliphatic hydroxyl groups is 2. The average Bonchev–Trinajstić information content (AvgIpc) is 3.15. The number of halogens is 2. The van der Waals surface area contributed by atoms with E-state index < -0.39 is 39.3 Å². The maximum absolute atomic E-state index is 12.4. The number of ether oxygens (including phenoxy) is 1. The van der Waals surface area contributed by atoms with Crippen LogP contribution in [-0.4, -0.2) is 42.6 Å². The molecule has 5 rings (SSSR count). The number of aromatic nitrogens is 1. The molecule has 34 heavy (non-hydrogen) atoms. The maximum atomic E-state index is 12.4. The van der Waals surface area contributed by atoms with Gasteiger partial charge in [0.15, 0.2) is 11.2 Å². The molecular formula is C24H21BrClNO6S. The second-order valence-electron chi connectivity index (χ2n) is 8.60. The number of hydrogen-bond donors (Lipinski definition) is 2. The molecule has 0 saturated heterocycles. The molecule has 1 aliphatic heterocycles. The summed E-state index contributed by atoms with van der Waals surface area (Å²) in [5.41, 5.74) is -2.11. The minimum atomic E-state index is -3.81. The number of fused-ring (bicyclic) bond motifs is 3. The van der Waals surface area contributed by atoms with Gasteiger partial charge in [-0.1, -0.05) is 70.0 Å². The SMILES string of the molecule is CS(=O)(=O)OC[C@@H]1[C@@H](O)[C@]2(O)c3ncc(Cl)cc3O[C@@]2(c2ccc(Br)cc2)[C@H]1c1ccccc1. The topological polar surface area (TPSA) is 106 Å². The van der Waals surface area contributed by atoms with Crippen LogP contribution >= 0.6 is 27.5 Å². The predicted molar refractivity (Wildman–Crippen MR) is 129 cm³/mol. The normalized spacial score (nSPS) is 30.0. The fraction of sp³-hybridized carbons (Fsp3) is 0.292. The van der Waals surface area contributed by atoms with E-state index in [1.807, 2.05) is 42.5 Å². The van der Waals surface area contributed by atoms with E-state index in [9.17, 15) is 18.6 Å². The van der Waals surface area contributed by atoms with Crippen LogP contribution in [0.2, 0.25) is 5.02 Å². The van der Waals surface area contributed by atoms with Crippen molar-refractivity contribution >= 4 is 37.6 Å². The standard InChI is InChI=1S/C24H21BrClNO6S/c1-34(30,31)32-13-18-20(14-5-3-2-4-6-14)24(15-7-9-16(25)10-8-15)23(29,22(18)28)21-19(33-24)11-17(26)12-27-21/h2-12,18,20,22,28-29H,13H2,1H3/t18-,20-,22+,23+,24-/m0/s1. The average molecular weight is 567 g/mol. The van der Waals surface area contributed by atoms with Crippen LogP contribution in [0.5, 0.6) is 5.75 Å². The Labute approximate surface area is 210 Å². The highest BCUT2D eigenvalue weighted by Gasteiger charge is 2.76. The molecule has 1 fully saturated rings. The number of rotatable bonds is 5. The zero-order valence-corrected chi connectivity index (χ0v) is 21.1. The molecule has 1 aliphatic carbocycles. The van der Waals surface area contributed by atoms with Gasteiger partial charge in [-0.15, -0.1) is 0 Å². The molecule has 0 bridgehead atoms. The lowest BCUT2D eigenvalue weighted by atomic mass is 9.71. The molecule has 0 amide bonds. The van der Waals surface area contributed by atoms with Gasteiger partial charge in [0.25, 0.3) is 10.1 Å². The van der Waals surface area contributed by atoms with E-state index in [4.69, 9.17) is 20.5 Å². The monoisotopic (exact) mass is 565 g/mol. The number of pyridine rings is 1. The maximum Gasteiger partial charge on any atom is 0.264 e. The summed E-state index contributed by atoms with van der Waals surface area (Å²) >= 11 is 9.61. The molecule has 2 aliphatic rings. The summed E-state index contributed by atoms with van der Waals surface area (Å²) in [5, 5.41) is 24.3. The molecule has 1 saturated carbocycles. The Morgan fingerprint density at radius 3 is 2.50 bits per heavy atom. The molecule has 2 aromatic carbocycles. The van der Waals surface area contributed by atoms with E-state index in [0.29, 0.717) is 10.6 Å².